The summed E-state index contributed by atoms with van der Waals surface area (Å²) in [4.78, 5) is 0. The molecule has 0 aliphatic carbocycles. The number of hydrogen-bond donors (Lipinski definition) is 1. The molecular weight excluding hydrogens is 419 g/mol. The van der Waals surface area contributed by atoms with Crippen LogP contribution in [0.5, 0.6) is 0 Å². The predicted octanol–water partition coefficient (Wildman–Crippen LogP) is 2.95. The highest BCUT2D eigenvalue weighted by Gasteiger charge is 2.44. The van der Waals surface area contributed by atoms with Crippen LogP contribution >= 0.6 is 38.5 Å². The van der Waals surface area contributed by atoms with Crippen LogP contribution in [-0.2, 0) is 9.84 Å². The zero-order valence-electron chi connectivity index (χ0n) is 9.52. The van der Waals surface area contributed by atoms with E-state index in [0.29, 0.717) is 5.56 Å². The quantitative estimate of drug-likeness (QED) is 0.587. The summed E-state index contributed by atoms with van der Waals surface area (Å²) in [6.07, 6.45) is -1.10. The van der Waals surface area contributed by atoms with Crippen LogP contribution in [0.3, 0.4) is 0 Å². The molecular formula is C11H14BrIO3S. The number of alkyl halides is 2. The highest BCUT2D eigenvalue weighted by atomic mass is 127. The van der Waals surface area contributed by atoms with Gasteiger partial charge in [0.1, 0.15) is 6.10 Å². The maximum Gasteiger partial charge on any atom is 0.207 e. The van der Waals surface area contributed by atoms with Gasteiger partial charge in [-0.2, -0.15) is 0 Å². The fourth-order valence-electron chi connectivity index (χ4n) is 1.31. The summed E-state index contributed by atoms with van der Waals surface area (Å²) in [5.74, 6) is -0.0237. The van der Waals surface area contributed by atoms with Crippen molar-refractivity contribution in [3.8, 4) is 0 Å². The number of aliphatic hydroxyl groups is 1. The lowest BCUT2D eigenvalue weighted by atomic mass is 10.1. The van der Waals surface area contributed by atoms with Gasteiger partial charge >= 0.3 is 0 Å². The lowest BCUT2D eigenvalue weighted by Crippen LogP contribution is -2.33. The van der Waals surface area contributed by atoms with E-state index in [9.17, 15) is 13.5 Å². The fraction of sp³-hybridized carbons (Fsp3) is 0.455. The average molecular weight is 433 g/mol. The molecule has 0 bridgehead atoms. The second kappa shape index (κ2) is 5.54. The Balaban J connectivity index is 3.12. The van der Waals surface area contributed by atoms with Gasteiger partial charge in [0.05, 0.1) is 0 Å². The number of aryl methyl sites for hydroxylation is 1. The van der Waals surface area contributed by atoms with Gasteiger partial charge in [-0.1, -0.05) is 52.7 Å². The fourth-order valence-corrected chi connectivity index (χ4v) is 4.41. The van der Waals surface area contributed by atoms with E-state index in [1.54, 1.807) is 41.6 Å². The molecule has 0 unspecified atom stereocenters. The normalized spacial score (nSPS) is 17.5. The lowest BCUT2D eigenvalue weighted by molar-refractivity contribution is 0.191. The minimum atomic E-state index is -3.40. The van der Waals surface area contributed by atoms with Crippen LogP contribution in [-0.4, -0.2) is 20.9 Å². The van der Waals surface area contributed by atoms with Crippen LogP contribution in [0.2, 0.25) is 0 Å². The Morgan fingerprint density at radius 1 is 1.41 bits per heavy atom. The molecule has 0 saturated carbocycles. The zero-order valence-corrected chi connectivity index (χ0v) is 14.1. The van der Waals surface area contributed by atoms with Gasteiger partial charge in [0.25, 0.3) is 0 Å². The molecule has 0 fully saturated rings. The van der Waals surface area contributed by atoms with E-state index >= 15 is 0 Å². The van der Waals surface area contributed by atoms with Gasteiger partial charge in [-0.15, -0.1) is 0 Å². The first-order chi connectivity index (χ1) is 7.72. The van der Waals surface area contributed by atoms with E-state index in [0.717, 1.165) is 5.56 Å². The highest BCUT2D eigenvalue weighted by Crippen LogP contribution is 2.45. The number of sulfone groups is 1. The van der Waals surface area contributed by atoms with Crippen LogP contribution in [0, 0.1) is 6.92 Å². The van der Waals surface area contributed by atoms with Crippen molar-refractivity contribution in [2.75, 3.05) is 5.75 Å². The molecule has 1 rings (SSSR count). The molecule has 3 nitrogen and oxygen atoms in total. The summed E-state index contributed by atoms with van der Waals surface area (Å²) in [7, 11) is -3.40. The molecule has 1 aromatic rings. The Morgan fingerprint density at radius 3 is 2.29 bits per heavy atom. The van der Waals surface area contributed by atoms with Gasteiger partial charge < -0.3 is 5.11 Å². The summed E-state index contributed by atoms with van der Waals surface area (Å²) in [6.45, 7) is 3.50. The maximum atomic E-state index is 11.9. The number of rotatable bonds is 4. The first-order valence-corrected chi connectivity index (χ1v) is 8.59. The molecule has 0 saturated heterocycles. The van der Waals surface area contributed by atoms with Crippen molar-refractivity contribution >= 4 is 48.4 Å². The molecule has 0 aromatic heterocycles. The monoisotopic (exact) mass is 432 g/mol. The van der Waals surface area contributed by atoms with E-state index in [1.165, 1.54) is 0 Å². The summed E-state index contributed by atoms with van der Waals surface area (Å²) in [6, 6.07) is 7.16. The average Bonchev–Trinajstić information content (AvgIpc) is 2.28. The minimum Gasteiger partial charge on any atom is -0.385 e. The van der Waals surface area contributed by atoms with Crippen molar-refractivity contribution in [3.63, 3.8) is 0 Å². The van der Waals surface area contributed by atoms with E-state index in [4.69, 9.17) is 0 Å². The summed E-state index contributed by atoms with van der Waals surface area (Å²) >= 11 is 4.87. The Bertz CT molecular complexity index is 482. The third-order valence-electron chi connectivity index (χ3n) is 2.51. The molecule has 17 heavy (non-hydrogen) atoms. The second-order valence-corrected chi connectivity index (χ2v) is 11.9. The first kappa shape index (κ1) is 15.4. The second-order valence-electron chi connectivity index (χ2n) is 3.78. The van der Waals surface area contributed by atoms with Crippen molar-refractivity contribution in [1.29, 1.82) is 0 Å². The van der Waals surface area contributed by atoms with E-state index < -0.39 is 17.6 Å². The molecule has 0 spiro atoms. The van der Waals surface area contributed by atoms with Crippen LogP contribution in [0.15, 0.2) is 24.3 Å². The van der Waals surface area contributed by atoms with Crippen molar-refractivity contribution in [3.05, 3.63) is 35.4 Å². The third kappa shape index (κ3) is 3.21. The van der Waals surface area contributed by atoms with E-state index in [2.05, 4.69) is 15.9 Å². The van der Waals surface area contributed by atoms with Gasteiger partial charge in [-0.05, 0) is 35.1 Å². The van der Waals surface area contributed by atoms with Gasteiger partial charge in [-0.3, -0.25) is 0 Å². The first-order valence-electron chi connectivity index (χ1n) is 5.07. The van der Waals surface area contributed by atoms with Crippen molar-refractivity contribution in [2.24, 2.45) is 0 Å². The number of halogens is 2. The summed E-state index contributed by atoms with van der Waals surface area (Å²) < 4.78 is 22.4. The molecule has 1 aromatic carbocycles. The molecule has 0 aliphatic heterocycles. The van der Waals surface area contributed by atoms with E-state index in [1.807, 2.05) is 19.1 Å². The minimum absolute atomic E-state index is 0.0237. The lowest BCUT2D eigenvalue weighted by Gasteiger charge is -2.26. The van der Waals surface area contributed by atoms with Gasteiger partial charge in [0.15, 0.2) is 9.84 Å². The molecule has 6 heteroatoms. The standard InChI is InChI=1S/C11H14BrIO3S/c1-3-17(15,16)11(12,13)10(14)9-6-4-8(2)5-7-9/h4-7,10,14H,3H2,1-2H3/t10-,11-/m0/s1. The Morgan fingerprint density at radius 2 is 1.88 bits per heavy atom. The maximum absolute atomic E-state index is 11.9. The third-order valence-corrected chi connectivity index (χ3v) is 8.84. The van der Waals surface area contributed by atoms with Gasteiger partial charge in [-0.25, -0.2) is 8.42 Å². The Hall–Kier alpha value is 0.340. The SMILES string of the molecule is CCS(=O)(=O)[C@@](Br)(I)[C@@H](O)c1ccc(C)cc1. The molecule has 0 amide bonds. The predicted molar refractivity (Wildman–Crippen MR) is 81.3 cm³/mol. The zero-order chi connectivity index (χ0) is 13.3. The number of hydrogen-bond acceptors (Lipinski definition) is 3. The Kier molecular flexibility index (Phi) is 5.02. The van der Waals surface area contributed by atoms with Crippen LogP contribution in [0.1, 0.15) is 24.2 Å². The molecule has 2 atom stereocenters. The van der Waals surface area contributed by atoms with Crippen molar-refractivity contribution in [1.82, 2.24) is 0 Å². The smallest absolute Gasteiger partial charge is 0.207 e. The molecule has 0 heterocycles. The van der Waals surface area contributed by atoms with Crippen LogP contribution in [0.4, 0.5) is 0 Å². The van der Waals surface area contributed by atoms with Crippen molar-refractivity contribution in [2.45, 2.75) is 21.6 Å². The van der Waals surface area contributed by atoms with Crippen molar-refractivity contribution < 1.29 is 13.5 Å². The van der Waals surface area contributed by atoms with E-state index in [-0.39, 0.29) is 5.75 Å². The summed E-state index contributed by atoms with van der Waals surface area (Å²) in [5, 5.41) is 10.2. The highest BCUT2D eigenvalue weighted by molar-refractivity contribution is 14.1. The van der Waals surface area contributed by atoms with Crippen LogP contribution in [0.25, 0.3) is 0 Å². The van der Waals surface area contributed by atoms with Gasteiger partial charge in [0.2, 0.25) is 1.66 Å². The number of benzene rings is 1. The molecule has 96 valence electrons. The summed E-state index contributed by atoms with van der Waals surface area (Å²) in [5.41, 5.74) is 1.65. The Labute approximate surface area is 124 Å². The molecule has 0 radical (unpaired) electrons. The number of aliphatic hydroxyl groups excluding tert-OH is 1. The topological polar surface area (TPSA) is 54.4 Å². The van der Waals surface area contributed by atoms with Gasteiger partial charge in [0, 0.05) is 5.75 Å². The van der Waals surface area contributed by atoms with Crippen LogP contribution < -0.4 is 0 Å². The molecule has 0 aliphatic rings. The largest absolute Gasteiger partial charge is 0.385 e. The molecule has 1 N–H and O–H groups in total.